The Hall–Kier alpha value is -2.18. The first kappa shape index (κ1) is 17.2. The summed E-state index contributed by atoms with van der Waals surface area (Å²) in [4.78, 5) is 12.8. The van der Waals surface area contributed by atoms with E-state index in [0.717, 1.165) is 11.3 Å². The van der Waals surface area contributed by atoms with E-state index in [9.17, 15) is 0 Å². The number of halogens is 2. The lowest BCUT2D eigenvalue weighted by Crippen LogP contribution is -1.99. The lowest BCUT2D eigenvalue weighted by Gasteiger charge is -2.05. The number of hydrogen-bond acceptors (Lipinski definition) is 5. The summed E-state index contributed by atoms with van der Waals surface area (Å²) in [6, 6.07) is 1.83. The number of nitrogens with one attached hydrogen (secondary N) is 2. The van der Waals surface area contributed by atoms with Gasteiger partial charge < -0.3 is 5.32 Å². The van der Waals surface area contributed by atoms with E-state index in [2.05, 4.69) is 37.1 Å². The first-order chi connectivity index (χ1) is 10.8. The monoisotopic (exact) mass is 350 g/mol. The number of aromatic amines is 1. The van der Waals surface area contributed by atoms with Crippen molar-refractivity contribution in [3.8, 4) is 0 Å². The van der Waals surface area contributed by atoms with E-state index in [4.69, 9.17) is 23.2 Å². The van der Waals surface area contributed by atoms with Gasteiger partial charge >= 0.3 is 0 Å². The smallest absolute Gasteiger partial charge is 0.251 e. The lowest BCUT2D eigenvalue weighted by molar-refractivity contribution is 1.04. The average molecular weight is 351 g/mol. The third kappa shape index (κ3) is 4.91. The summed E-state index contributed by atoms with van der Waals surface area (Å²) in [5, 5.41) is 10.9. The van der Waals surface area contributed by atoms with Crippen LogP contribution in [0.25, 0.3) is 0 Å². The van der Waals surface area contributed by atoms with Gasteiger partial charge in [-0.05, 0) is 32.4 Å². The van der Waals surface area contributed by atoms with Crippen molar-refractivity contribution in [2.24, 2.45) is 4.99 Å². The highest BCUT2D eigenvalue weighted by Crippen LogP contribution is 2.24. The number of hydrogen-bond donors (Lipinski definition) is 2. The number of rotatable bonds is 5. The van der Waals surface area contributed by atoms with Crippen LogP contribution in [0.4, 0.5) is 17.6 Å². The largest absolute Gasteiger partial charge is 0.322 e. The van der Waals surface area contributed by atoms with Gasteiger partial charge in [0.25, 0.3) is 5.95 Å². The van der Waals surface area contributed by atoms with Gasteiger partial charge in [-0.1, -0.05) is 29.8 Å². The topological polar surface area (TPSA) is 78.9 Å². The molecule has 2 N–H and O–H groups in total. The fraction of sp³-hybridized carbons (Fsp3) is 0.200. The highest BCUT2D eigenvalue weighted by Gasteiger charge is 2.08. The summed E-state index contributed by atoms with van der Waals surface area (Å²) in [6.07, 6.45) is 3.18. The molecule has 120 valence electrons. The molecule has 0 aliphatic carbocycles. The molecule has 6 nitrogen and oxygen atoms in total. The van der Waals surface area contributed by atoms with Crippen LogP contribution >= 0.6 is 23.2 Å². The second kappa shape index (κ2) is 7.39. The Labute approximate surface area is 144 Å². The normalized spacial score (nSPS) is 12.4. The van der Waals surface area contributed by atoms with Crippen molar-refractivity contribution in [3.63, 3.8) is 0 Å². The van der Waals surface area contributed by atoms with Crippen molar-refractivity contribution < 1.29 is 0 Å². The van der Waals surface area contributed by atoms with Gasteiger partial charge in [0.2, 0.25) is 0 Å². The number of aryl methyl sites for hydroxylation is 1. The van der Waals surface area contributed by atoms with Crippen molar-refractivity contribution in [1.29, 1.82) is 0 Å². The molecule has 0 saturated carbocycles. The molecule has 0 atom stereocenters. The lowest BCUT2D eigenvalue weighted by atomic mass is 10.2. The first-order valence-electron chi connectivity index (χ1n) is 6.75. The average Bonchev–Trinajstić information content (AvgIpc) is 2.86. The summed E-state index contributed by atoms with van der Waals surface area (Å²) >= 11 is 12.0. The highest BCUT2D eigenvalue weighted by atomic mass is 35.5. The molecule has 2 heterocycles. The molecule has 0 amide bonds. The van der Waals surface area contributed by atoms with E-state index in [-0.39, 0.29) is 5.95 Å². The van der Waals surface area contributed by atoms with Crippen LogP contribution in [0.2, 0.25) is 5.02 Å². The van der Waals surface area contributed by atoms with Crippen molar-refractivity contribution in [3.05, 3.63) is 46.2 Å². The molecule has 8 heteroatoms. The third-order valence-corrected chi connectivity index (χ3v) is 3.06. The highest BCUT2D eigenvalue weighted by molar-refractivity contribution is 6.33. The standard InChI is InChI=1S/C15H16Cl2N6/c1-8(2)12(5-9(3)16)19-15-18-7-11(17)14(21-15)20-13-6-10(4)22-23-13/h5-7H,1H2,2-4H3,(H2,18,20,21,22,23)/b9-5+,19-12?. The molecule has 0 radical (unpaired) electrons. The van der Waals surface area contributed by atoms with Crippen LogP contribution in [0, 0.1) is 6.92 Å². The van der Waals surface area contributed by atoms with Gasteiger partial charge in [0.05, 0.1) is 11.9 Å². The Morgan fingerprint density at radius 2 is 2.17 bits per heavy atom. The maximum absolute atomic E-state index is 6.11. The minimum atomic E-state index is 0.247. The molecule has 0 fully saturated rings. The Morgan fingerprint density at radius 3 is 2.74 bits per heavy atom. The van der Waals surface area contributed by atoms with Gasteiger partial charge in [0.15, 0.2) is 11.6 Å². The number of nitrogens with zero attached hydrogens (tertiary/aromatic N) is 4. The Bertz CT molecular complexity index is 787. The molecule has 2 aromatic rings. The van der Waals surface area contributed by atoms with E-state index in [1.807, 2.05) is 19.9 Å². The molecular formula is C15H16Cl2N6. The van der Waals surface area contributed by atoms with Gasteiger partial charge in [0, 0.05) is 16.8 Å². The molecule has 0 spiro atoms. The summed E-state index contributed by atoms with van der Waals surface area (Å²) in [5.41, 5.74) is 2.27. The van der Waals surface area contributed by atoms with Gasteiger partial charge in [-0.15, -0.1) is 0 Å². The van der Waals surface area contributed by atoms with Crippen LogP contribution in [-0.4, -0.2) is 25.9 Å². The predicted molar refractivity (Wildman–Crippen MR) is 95.2 cm³/mol. The Morgan fingerprint density at radius 1 is 1.43 bits per heavy atom. The van der Waals surface area contributed by atoms with Gasteiger partial charge in [-0.3, -0.25) is 5.10 Å². The number of aliphatic imine (C=N–C) groups is 1. The van der Waals surface area contributed by atoms with E-state index in [0.29, 0.717) is 27.4 Å². The minimum Gasteiger partial charge on any atom is -0.322 e. The minimum absolute atomic E-state index is 0.247. The maximum atomic E-state index is 6.11. The van der Waals surface area contributed by atoms with E-state index in [1.165, 1.54) is 6.20 Å². The SMILES string of the molecule is C=C(C)C(/C=C(\C)Cl)=Nc1ncc(Cl)c(Nc2cc(C)[nH]n2)n1. The molecule has 0 aromatic carbocycles. The van der Waals surface area contributed by atoms with Gasteiger partial charge in [-0.25, -0.2) is 9.98 Å². The fourth-order valence-electron chi connectivity index (χ4n) is 1.65. The predicted octanol–water partition coefficient (Wildman–Crippen LogP) is 4.70. The maximum Gasteiger partial charge on any atom is 0.251 e. The zero-order valence-electron chi connectivity index (χ0n) is 13.0. The molecule has 0 aliphatic rings. The molecule has 0 bridgehead atoms. The van der Waals surface area contributed by atoms with Crippen LogP contribution in [-0.2, 0) is 0 Å². The van der Waals surface area contributed by atoms with Crippen LogP contribution < -0.4 is 5.32 Å². The van der Waals surface area contributed by atoms with Crippen LogP contribution in [0.15, 0.2) is 40.5 Å². The number of H-pyrrole nitrogens is 1. The van der Waals surface area contributed by atoms with Crippen molar-refractivity contribution in [2.75, 3.05) is 5.32 Å². The Balaban J connectivity index is 2.35. The third-order valence-electron chi connectivity index (χ3n) is 2.68. The Kier molecular flexibility index (Phi) is 5.52. The van der Waals surface area contributed by atoms with Gasteiger partial charge in [-0.2, -0.15) is 10.1 Å². The van der Waals surface area contributed by atoms with Crippen molar-refractivity contribution in [1.82, 2.24) is 20.2 Å². The summed E-state index contributed by atoms with van der Waals surface area (Å²) in [6.45, 7) is 9.36. The number of anilines is 2. The molecule has 23 heavy (non-hydrogen) atoms. The summed E-state index contributed by atoms with van der Waals surface area (Å²) in [7, 11) is 0. The molecule has 0 saturated heterocycles. The zero-order chi connectivity index (χ0) is 17.0. The molecular weight excluding hydrogens is 335 g/mol. The van der Waals surface area contributed by atoms with E-state index in [1.54, 1.807) is 13.0 Å². The van der Waals surface area contributed by atoms with Crippen LogP contribution in [0.3, 0.4) is 0 Å². The molecule has 0 unspecified atom stereocenters. The van der Waals surface area contributed by atoms with Crippen molar-refractivity contribution in [2.45, 2.75) is 20.8 Å². The fourth-order valence-corrected chi connectivity index (χ4v) is 1.89. The zero-order valence-corrected chi connectivity index (χ0v) is 14.5. The van der Waals surface area contributed by atoms with Crippen LogP contribution in [0.5, 0.6) is 0 Å². The first-order valence-corrected chi connectivity index (χ1v) is 7.50. The quantitative estimate of drug-likeness (QED) is 0.766. The number of aromatic nitrogens is 4. The van der Waals surface area contributed by atoms with Crippen LogP contribution in [0.1, 0.15) is 19.5 Å². The number of allylic oxidation sites excluding steroid dienone is 3. The van der Waals surface area contributed by atoms with E-state index < -0.39 is 0 Å². The second-order valence-corrected chi connectivity index (χ2v) is 5.94. The molecule has 0 aliphatic heterocycles. The molecule has 2 aromatic heterocycles. The molecule has 2 rings (SSSR count). The second-order valence-electron chi connectivity index (χ2n) is 4.94. The van der Waals surface area contributed by atoms with E-state index >= 15 is 0 Å². The van der Waals surface area contributed by atoms with Gasteiger partial charge in [0.1, 0.15) is 5.02 Å². The summed E-state index contributed by atoms with van der Waals surface area (Å²) in [5.74, 6) is 1.27. The summed E-state index contributed by atoms with van der Waals surface area (Å²) < 4.78 is 0. The van der Waals surface area contributed by atoms with Crippen molar-refractivity contribution >= 4 is 46.5 Å².